The largest absolute Gasteiger partial charge is 0.444 e. The van der Waals surface area contributed by atoms with Crippen LogP contribution in [-0.4, -0.2) is 59.5 Å². The number of likely N-dealkylation sites (N-methyl/N-ethyl adjacent to an activating group) is 1. The van der Waals surface area contributed by atoms with Crippen LogP contribution >= 0.6 is 0 Å². The zero-order chi connectivity index (χ0) is 22.5. The fraction of sp³-hybridized carbons (Fsp3) is 0.571. The number of benzene rings is 1. The standard InChI is InChI=1S/C21H29F2N3O4/c1-5-25(13-17(27)24-18-15(22)9-6-10-16(18)23)19(28)14-8-7-11-26(12-14)20(29)30-21(2,3)4/h6,9-10,14H,5,7-8,11-13H2,1-4H3,(H,24,27)/t14-/m1/s1. The van der Waals surface area contributed by atoms with Gasteiger partial charge in [-0.25, -0.2) is 13.6 Å². The highest BCUT2D eigenvalue weighted by atomic mass is 19.1. The Bertz CT molecular complexity index is 775. The number of ether oxygens (including phenoxy) is 1. The molecule has 1 N–H and O–H groups in total. The van der Waals surface area contributed by atoms with E-state index in [9.17, 15) is 23.2 Å². The molecule has 9 heteroatoms. The van der Waals surface area contributed by atoms with Crippen molar-refractivity contribution >= 4 is 23.6 Å². The molecule has 1 saturated heterocycles. The molecule has 30 heavy (non-hydrogen) atoms. The molecular weight excluding hydrogens is 396 g/mol. The summed E-state index contributed by atoms with van der Waals surface area (Å²) in [5.41, 5.74) is -1.18. The minimum absolute atomic E-state index is 0.202. The summed E-state index contributed by atoms with van der Waals surface area (Å²) < 4.78 is 32.8. The monoisotopic (exact) mass is 425 g/mol. The number of nitrogens with zero attached hydrogens (tertiary/aromatic N) is 2. The van der Waals surface area contributed by atoms with E-state index in [1.807, 2.05) is 0 Å². The van der Waals surface area contributed by atoms with Crippen LogP contribution in [0.3, 0.4) is 0 Å². The summed E-state index contributed by atoms with van der Waals surface area (Å²) in [5, 5.41) is 2.19. The van der Waals surface area contributed by atoms with Crippen molar-refractivity contribution in [1.82, 2.24) is 9.80 Å². The highest BCUT2D eigenvalue weighted by Crippen LogP contribution is 2.22. The maximum absolute atomic E-state index is 13.7. The fourth-order valence-corrected chi connectivity index (χ4v) is 3.24. The number of halogens is 2. The van der Waals surface area contributed by atoms with Gasteiger partial charge in [0, 0.05) is 19.6 Å². The van der Waals surface area contributed by atoms with Gasteiger partial charge in [0.25, 0.3) is 0 Å². The van der Waals surface area contributed by atoms with Gasteiger partial charge in [-0.1, -0.05) is 6.07 Å². The molecule has 0 unspecified atom stereocenters. The van der Waals surface area contributed by atoms with E-state index in [2.05, 4.69) is 5.32 Å². The third-order valence-corrected chi connectivity index (χ3v) is 4.68. The summed E-state index contributed by atoms with van der Waals surface area (Å²) in [6.45, 7) is 7.63. The van der Waals surface area contributed by atoms with Crippen molar-refractivity contribution in [2.45, 2.75) is 46.1 Å². The predicted octanol–water partition coefficient (Wildman–Crippen LogP) is 3.40. The van der Waals surface area contributed by atoms with Gasteiger partial charge in [-0.3, -0.25) is 9.59 Å². The van der Waals surface area contributed by atoms with Crippen LogP contribution in [-0.2, 0) is 14.3 Å². The number of likely N-dealkylation sites (tertiary alicyclic amines) is 1. The second-order valence-electron chi connectivity index (χ2n) is 8.26. The molecule has 1 aromatic rings. The summed E-state index contributed by atoms with van der Waals surface area (Å²) in [6.07, 6.45) is 0.744. The smallest absolute Gasteiger partial charge is 0.410 e. The van der Waals surface area contributed by atoms with Crippen LogP contribution in [0.2, 0.25) is 0 Å². The average Bonchev–Trinajstić information content (AvgIpc) is 2.67. The molecule has 1 fully saturated rings. The molecule has 1 aliphatic heterocycles. The SMILES string of the molecule is CCN(CC(=O)Nc1c(F)cccc1F)C(=O)[C@@H]1CCCN(C(=O)OC(C)(C)C)C1. The van der Waals surface area contributed by atoms with E-state index in [1.165, 1.54) is 15.9 Å². The zero-order valence-electron chi connectivity index (χ0n) is 17.8. The number of rotatable bonds is 5. The summed E-state index contributed by atoms with van der Waals surface area (Å²) >= 11 is 0. The Hall–Kier alpha value is -2.71. The number of piperidine rings is 1. The van der Waals surface area contributed by atoms with Gasteiger partial charge in [0.15, 0.2) is 0 Å². The fourth-order valence-electron chi connectivity index (χ4n) is 3.24. The molecule has 0 aliphatic carbocycles. The van der Waals surface area contributed by atoms with Crippen molar-refractivity contribution in [2.75, 3.05) is 31.5 Å². The maximum atomic E-state index is 13.7. The van der Waals surface area contributed by atoms with Crippen LogP contribution in [0.25, 0.3) is 0 Å². The van der Waals surface area contributed by atoms with Crippen molar-refractivity contribution in [2.24, 2.45) is 5.92 Å². The van der Waals surface area contributed by atoms with Crippen molar-refractivity contribution in [3.8, 4) is 0 Å². The Kier molecular flexibility index (Phi) is 7.75. The molecule has 0 radical (unpaired) electrons. The second-order valence-corrected chi connectivity index (χ2v) is 8.26. The van der Waals surface area contributed by atoms with Crippen LogP contribution < -0.4 is 5.32 Å². The molecule has 1 atom stereocenters. The lowest BCUT2D eigenvalue weighted by atomic mass is 9.96. The maximum Gasteiger partial charge on any atom is 0.410 e. The molecule has 0 saturated carbocycles. The molecule has 3 amide bonds. The van der Waals surface area contributed by atoms with Gasteiger partial charge in [-0.05, 0) is 52.7 Å². The predicted molar refractivity (Wildman–Crippen MR) is 108 cm³/mol. The van der Waals surface area contributed by atoms with Gasteiger partial charge < -0.3 is 19.9 Å². The van der Waals surface area contributed by atoms with Crippen LogP contribution in [0.1, 0.15) is 40.5 Å². The van der Waals surface area contributed by atoms with Gasteiger partial charge in [-0.15, -0.1) is 0 Å². The number of para-hydroxylation sites is 1. The van der Waals surface area contributed by atoms with E-state index in [0.29, 0.717) is 19.4 Å². The molecule has 1 heterocycles. The third-order valence-electron chi connectivity index (χ3n) is 4.68. The van der Waals surface area contributed by atoms with E-state index in [-0.39, 0.29) is 25.5 Å². The Morgan fingerprint density at radius 3 is 2.43 bits per heavy atom. The quantitative estimate of drug-likeness (QED) is 0.784. The molecular formula is C21H29F2N3O4. The minimum Gasteiger partial charge on any atom is -0.444 e. The molecule has 7 nitrogen and oxygen atoms in total. The molecule has 0 spiro atoms. The topological polar surface area (TPSA) is 79.0 Å². The lowest BCUT2D eigenvalue weighted by Gasteiger charge is -2.35. The first-order chi connectivity index (χ1) is 14.0. The van der Waals surface area contributed by atoms with E-state index in [1.54, 1.807) is 27.7 Å². The van der Waals surface area contributed by atoms with E-state index in [4.69, 9.17) is 4.74 Å². The lowest BCUT2D eigenvalue weighted by molar-refractivity contribution is -0.139. The third kappa shape index (κ3) is 6.40. The highest BCUT2D eigenvalue weighted by Gasteiger charge is 2.33. The van der Waals surface area contributed by atoms with Crippen molar-refractivity contribution < 1.29 is 27.9 Å². The molecule has 166 valence electrons. The van der Waals surface area contributed by atoms with Crippen LogP contribution in [0, 0.1) is 17.6 Å². The van der Waals surface area contributed by atoms with Crippen LogP contribution in [0.15, 0.2) is 18.2 Å². The summed E-state index contributed by atoms with van der Waals surface area (Å²) in [4.78, 5) is 40.3. The average molecular weight is 425 g/mol. The van der Waals surface area contributed by atoms with Crippen LogP contribution in [0.4, 0.5) is 19.3 Å². The number of hydrogen-bond donors (Lipinski definition) is 1. The second kappa shape index (κ2) is 9.86. The highest BCUT2D eigenvalue weighted by molar-refractivity contribution is 5.95. The van der Waals surface area contributed by atoms with E-state index >= 15 is 0 Å². The van der Waals surface area contributed by atoms with Gasteiger partial charge >= 0.3 is 6.09 Å². The van der Waals surface area contributed by atoms with E-state index in [0.717, 1.165) is 12.1 Å². The van der Waals surface area contributed by atoms with Crippen molar-refractivity contribution in [3.05, 3.63) is 29.8 Å². The molecule has 1 aromatic carbocycles. The number of amides is 3. The Morgan fingerprint density at radius 1 is 1.23 bits per heavy atom. The summed E-state index contributed by atoms with van der Waals surface area (Å²) in [7, 11) is 0. The van der Waals surface area contributed by atoms with Crippen molar-refractivity contribution in [1.29, 1.82) is 0 Å². The first kappa shape index (κ1) is 23.6. The van der Waals surface area contributed by atoms with Crippen molar-refractivity contribution in [3.63, 3.8) is 0 Å². The molecule has 1 aliphatic rings. The first-order valence-electron chi connectivity index (χ1n) is 10.0. The van der Waals surface area contributed by atoms with Gasteiger partial charge in [-0.2, -0.15) is 0 Å². The number of anilines is 1. The lowest BCUT2D eigenvalue weighted by Crippen LogP contribution is -2.49. The molecule has 0 aromatic heterocycles. The number of hydrogen-bond acceptors (Lipinski definition) is 4. The normalized spacial score (nSPS) is 16.7. The number of carbonyl (C=O) groups is 3. The van der Waals surface area contributed by atoms with E-state index < -0.39 is 40.8 Å². The molecule has 0 bridgehead atoms. The van der Waals surface area contributed by atoms with Crippen LogP contribution in [0.5, 0.6) is 0 Å². The van der Waals surface area contributed by atoms with Gasteiger partial charge in [0.2, 0.25) is 11.8 Å². The number of carbonyl (C=O) groups excluding carboxylic acids is 3. The Labute approximate surface area is 175 Å². The minimum atomic E-state index is -0.891. The summed E-state index contributed by atoms with van der Waals surface area (Å²) in [5.74, 6) is -3.23. The molecule has 2 rings (SSSR count). The zero-order valence-corrected chi connectivity index (χ0v) is 17.8. The van der Waals surface area contributed by atoms with Gasteiger partial charge in [0.05, 0.1) is 12.5 Å². The van der Waals surface area contributed by atoms with Gasteiger partial charge in [0.1, 0.15) is 22.9 Å². The Morgan fingerprint density at radius 2 is 1.87 bits per heavy atom. The Balaban J connectivity index is 1.99. The number of nitrogens with one attached hydrogen (secondary N) is 1. The first-order valence-corrected chi connectivity index (χ1v) is 10.0. The summed E-state index contributed by atoms with van der Waals surface area (Å²) in [6, 6.07) is 3.27.